The van der Waals surface area contributed by atoms with Crippen LogP contribution in [-0.2, 0) is 0 Å². The average molecular weight is 244 g/mol. The molecule has 1 atom stereocenters. The standard InChI is InChI=1S/C12H17FO2S/c1-3-16-7-6-15-12-5-4-10(9(2)14)8-11(12)13/h4-5,8-9,14H,3,6-7H2,1-2H3. The van der Waals surface area contributed by atoms with Crippen LogP contribution in [0.1, 0.15) is 25.5 Å². The minimum absolute atomic E-state index is 0.251. The van der Waals surface area contributed by atoms with Gasteiger partial charge in [0.25, 0.3) is 0 Å². The van der Waals surface area contributed by atoms with Crippen LogP contribution in [0.5, 0.6) is 5.75 Å². The van der Waals surface area contributed by atoms with Crippen molar-refractivity contribution in [3.05, 3.63) is 29.6 Å². The van der Waals surface area contributed by atoms with E-state index in [0.29, 0.717) is 12.2 Å². The van der Waals surface area contributed by atoms with E-state index in [1.165, 1.54) is 6.07 Å². The van der Waals surface area contributed by atoms with Gasteiger partial charge in [-0.2, -0.15) is 11.8 Å². The van der Waals surface area contributed by atoms with Gasteiger partial charge in [-0.05, 0) is 30.4 Å². The molecule has 0 aliphatic heterocycles. The number of rotatable bonds is 6. The van der Waals surface area contributed by atoms with E-state index in [1.54, 1.807) is 30.8 Å². The number of hydrogen-bond acceptors (Lipinski definition) is 3. The average Bonchev–Trinajstić information content (AvgIpc) is 2.26. The lowest BCUT2D eigenvalue weighted by Gasteiger charge is -2.09. The second kappa shape index (κ2) is 6.76. The minimum atomic E-state index is -0.654. The predicted octanol–water partition coefficient (Wildman–Crippen LogP) is 3.01. The highest BCUT2D eigenvalue weighted by atomic mass is 32.2. The van der Waals surface area contributed by atoms with Crippen LogP contribution in [0.15, 0.2) is 18.2 Å². The Morgan fingerprint density at radius 1 is 1.50 bits per heavy atom. The maximum Gasteiger partial charge on any atom is 0.165 e. The number of ether oxygens (including phenoxy) is 1. The SMILES string of the molecule is CCSCCOc1ccc(C(C)O)cc1F. The molecule has 1 unspecified atom stereocenters. The van der Waals surface area contributed by atoms with E-state index in [9.17, 15) is 9.50 Å². The third-order valence-corrected chi connectivity index (χ3v) is 2.99. The van der Waals surface area contributed by atoms with Crippen LogP contribution in [0.4, 0.5) is 4.39 Å². The first-order valence-electron chi connectivity index (χ1n) is 5.33. The molecule has 0 saturated heterocycles. The maximum absolute atomic E-state index is 13.5. The summed E-state index contributed by atoms with van der Waals surface area (Å²) in [6.07, 6.45) is -0.654. The fraction of sp³-hybridized carbons (Fsp3) is 0.500. The maximum atomic E-state index is 13.5. The Bertz CT molecular complexity index is 329. The van der Waals surface area contributed by atoms with E-state index in [0.717, 1.165) is 11.5 Å². The molecule has 0 fully saturated rings. The summed E-state index contributed by atoms with van der Waals surface area (Å²) in [6.45, 7) is 4.18. The molecule has 0 bridgehead atoms. The Kier molecular flexibility index (Phi) is 5.63. The topological polar surface area (TPSA) is 29.5 Å². The van der Waals surface area contributed by atoms with E-state index in [2.05, 4.69) is 6.92 Å². The van der Waals surface area contributed by atoms with Crippen molar-refractivity contribution in [2.24, 2.45) is 0 Å². The van der Waals surface area contributed by atoms with Crippen molar-refractivity contribution < 1.29 is 14.2 Å². The molecule has 0 radical (unpaired) electrons. The summed E-state index contributed by atoms with van der Waals surface area (Å²) in [5.74, 6) is 1.72. The first-order chi connectivity index (χ1) is 7.65. The van der Waals surface area contributed by atoms with Gasteiger partial charge < -0.3 is 9.84 Å². The largest absolute Gasteiger partial charge is 0.490 e. The molecule has 16 heavy (non-hydrogen) atoms. The van der Waals surface area contributed by atoms with Gasteiger partial charge in [0.05, 0.1) is 12.7 Å². The normalized spacial score (nSPS) is 12.5. The molecule has 0 spiro atoms. The molecular weight excluding hydrogens is 227 g/mol. The number of aliphatic hydroxyl groups excluding tert-OH is 1. The van der Waals surface area contributed by atoms with Crippen molar-refractivity contribution in [2.75, 3.05) is 18.1 Å². The van der Waals surface area contributed by atoms with Crippen molar-refractivity contribution in [3.8, 4) is 5.75 Å². The Morgan fingerprint density at radius 3 is 2.81 bits per heavy atom. The molecule has 1 N–H and O–H groups in total. The zero-order chi connectivity index (χ0) is 12.0. The van der Waals surface area contributed by atoms with E-state index in [-0.39, 0.29) is 5.75 Å². The summed E-state index contributed by atoms with van der Waals surface area (Å²) < 4.78 is 18.8. The summed E-state index contributed by atoms with van der Waals surface area (Å²) in [5, 5.41) is 9.27. The van der Waals surface area contributed by atoms with Gasteiger partial charge in [0.15, 0.2) is 11.6 Å². The van der Waals surface area contributed by atoms with Crippen LogP contribution in [-0.4, -0.2) is 23.2 Å². The number of benzene rings is 1. The monoisotopic (exact) mass is 244 g/mol. The predicted molar refractivity (Wildman–Crippen MR) is 65.5 cm³/mol. The van der Waals surface area contributed by atoms with Crippen molar-refractivity contribution in [2.45, 2.75) is 20.0 Å². The van der Waals surface area contributed by atoms with Gasteiger partial charge in [0.2, 0.25) is 0 Å². The summed E-state index contributed by atoms with van der Waals surface area (Å²) in [5.41, 5.74) is 0.563. The molecule has 1 aromatic carbocycles. The van der Waals surface area contributed by atoms with E-state index in [1.807, 2.05) is 0 Å². The first-order valence-corrected chi connectivity index (χ1v) is 6.48. The minimum Gasteiger partial charge on any atom is -0.490 e. The van der Waals surface area contributed by atoms with Crippen molar-refractivity contribution in [3.63, 3.8) is 0 Å². The molecule has 0 aliphatic carbocycles. The molecule has 1 rings (SSSR count). The first kappa shape index (κ1) is 13.3. The fourth-order valence-corrected chi connectivity index (χ4v) is 1.74. The van der Waals surface area contributed by atoms with Crippen LogP contribution in [0.3, 0.4) is 0 Å². The van der Waals surface area contributed by atoms with Gasteiger partial charge in [-0.25, -0.2) is 4.39 Å². The Hall–Kier alpha value is -0.740. The summed E-state index contributed by atoms with van der Waals surface area (Å²) in [4.78, 5) is 0. The van der Waals surface area contributed by atoms with E-state index >= 15 is 0 Å². The van der Waals surface area contributed by atoms with Gasteiger partial charge >= 0.3 is 0 Å². The fourth-order valence-electron chi connectivity index (χ4n) is 1.25. The molecular formula is C12H17FO2S. The lowest BCUT2D eigenvalue weighted by Crippen LogP contribution is -2.03. The van der Waals surface area contributed by atoms with Gasteiger partial charge in [0.1, 0.15) is 0 Å². The van der Waals surface area contributed by atoms with Crippen LogP contribution in [0.25, 0.3) is 0 Å². The smallest absolute Gasteiger partial charge is 0.165 e. The molecule has 2 nitrogen and oxygen atoms in total. The molecule has 1 aromatic rings. The van der Waals surface area contributed by atoms with Gasteiger partial charge in [-0.1, -0.05) is 13.0 Å². The molecule has 0 amide bonds. The summed E-state index contributed by atoms with van der Waals surface area (Å²) in [7, 11) is 0. The number of thioether (sulfide) groups is 1. The van der Waals surface area contributed by atoms with Gasteiger partial charge in [-0.15, -0.1) is 0 Å². The number of halogens is 1. The summed E-state index contributed by atoms with van der Waals surface area (Å²) >= 11 is 1.75. The third kappa shape index (κ3) is 4.02. The highest BCUT2D eigenvalue weighted by Gasteiger charge is 2.07. The van der Waals surface area contributed by atoms with Gasteiger partial charge in [0, 0.05) is 5.75 Å². The highest BCUT2D eigenvalue weighted by Crippen LogP contribution is 2.22. The van der Waals surface area contributed by atoms with Crippen LogP contribution >= 0.6 is 11.8 Å². The zero-order valence-electron chi connectivity index (χ0n) is 9.57. The van der Waals surface area contributed by atoms with Crippen molar-refractivity contribution in [1.29, 1.82) is 0 Å². The zero-order valence-corrected chi connectivity index (χ0v) is 10.4. The molecule has 90 valence electrons. The number of hydrogen-bond donors (Lipinski definition) is 1. The number of aliphatic hydroxyl groups is 1. The lowest BCUT2D eigenvalue weighted by atomic mass is 10.1. The van der Waals surface area contributed by atoms with Crippen molar-refractivity contribution in [1.82, 2.24) is 0 Å². The molecule has 0 heterocycles. The van der Waals surface area contributed by atoms with Crippen LogP contribution in [0, 0.1) is 5.82 Å². The quantitative estimate of drug-likeness (QED) is 0.780. The molecule has 4 heteroatoms. The van der Waals surface area contributed by atoms with Gasteiger partial charge in [-0.3, -0.25) is 0 Å². The summed E-state index contributed by atoms with van der Waals surface area (Å²) in [6, 6.07) is 4.55. The molecule has 0 aliphatic rings. The van der Waals surface area contributed by atoms with Crippen LogP contribution < -0.4 is 4.74 Å². The van der Waals surface area contributed by atoms with E-state index < -0.39 is 11.9 Å². The second-order valence-corrected chi connectivity index (χ2v) is 4.81. The van der Waals surface area contributed by atoms with Crippen LogP contribution in [0.2, 0.25) is 0 Å². The molecule has 0 aromatic heterocycles. The third-order valence-electron chi connectivity index (χ3n) is 2.13. The molecule has 0 saturated carbocycles. The second-order valence-electron chi connectivity index (χ2n) is 3.41. The van der Waals surface area contributed by atoms with E-state index in [4.69, 9.17) is 4.74 Å². The Morgan fingerprint density at radius 2 is 2.25 bits per heavy atom. The Balaban J connectivity index is 2.54. The lowest BCUT2D eigenvalue weighted by molar-refractivity contribution is 0.198. The Labute approximate surface area is 99.8 Å². The van der Waals surface area contributed by atoms with Crippen molar-refractivity contribution >= 4 is 11.8 Å². The highest BCUT2D eigenvalue weighted by molar-refractivity contribution is 7.99.